The van der Waals surface area contributed by atoms with Crippen molar-refractivity contribution in [3.8, 4) is 6.07 Å². The predicted molar refractivity (Wildman–Crippen MR) is 46.8 cm³/mol. The van der Waals surface area contributed by atoms with Gasteiger partial charge in [0.25, 0.3) is 5.92 Å². The zero-order valence-electron chi connectivity index (χ0n) is 7.37. The van der Waals surface area contributed by atoms with Crippen molar-refractivity contribution in [1.29, 1.82) is 5.26 Å². The summed E-state index contributed by atoms with van der Waals surface area (Å²) in [7, 11) is 0. The molecular formula is C10H9F2NO. The molecule has 0 saturated heterocycles. The van der Waals surface area contributed by atoms with Crippen molar-refractivity contribution in [2.24, 2.45) is 0 Å². The van der Waals surface area contributed by atoms with Crippen LogP contribution in [-0.2, 0) is 5.92 Å². The number of nitrogens with zero attached hydrogens (tertiary/aromatic N) is 1. The standard InChI is InChI=1S/C10H9F2NO/c11-10(12,5-6-14)9-3-1-8(7-13)2-4-9/h1-4,14H,5-6H2. The molecular weight excluding hydrogens is 188 g/mol. The Morgan fingerprint density at radius 1 is 1.29 bits per heavy atom. The Bertz CT molecular complexity index is 340. The van der Waals surface area contributed by atoms with Gasteiger partial charge < -0.3 is 5.11 Å². The number of nitriles is 1. The minimum Gasteiger partial charge on any atom is -0.396 e. The summed E-state index contributed by atoms with van der Waals surface area (Å²) in [5.74, 6) is -3.03. The van der Waals surface area contributed by atoms with E-state index in [0.717, 1.165) is 0 Å². The topological polar surface area (TPSA) is 44.0 Å². The smallest absolute Gasteiger partial charge is 0.275 e. The highest BCUT2D eigenvalue weighted by Crippen LogP contribution is 2.31. The lowest BCUT2D eigenvalue weighted by Crippen LogP contribution is -2.14. The molecule has 14 heavy (non-hydrogen) atoms. The van der Waals surface area contributed by atoms with Gasteiger partial charge in [-0.1, -0.05) is 12.1 Å². The van der Waals surface area contributed by atoms with Gasteiger partial charge in [-0.15, -0.1) is 0 Å². The van der Waals surface area contributed by atoms with E-state index in [1.807, 2.05) is 6.07 Å². The molecule has 0 bridgehead atoms. The van der Waals surface area contributed by atoms with E-state index >= 15 is 0 Å². The summed E-state index contributed by atoms with van der Waals surface area (Å²) in [6.07, 6.45) is -0.598. The summed E-state index contributed by atoms with van der Waals surface area (Å²) in [6.45, 7) is -0.562. The van der Waals surface area contributed by atoms with Crippen LogP contribution in [0, 0.1) is 11.3 Å². The van der Waals surface area contributed by atoms with Crippen LogP contribution in [0.25, 0.3) is 0 Å². The lowest BCUT2D eigenvalue weighted by Gasteiger charge is -2.14. The molecule has 0 fully saturated rings. The molecule has 0 radical (unpaired) electrons. The maximum Gasteiger partial charge on any atom is 0.275 e. The summed E-state index contributed by atoms with van der Waals surface area (Å²) in [6, 6.07) is 6.92. The Hall–Kier alpha value is -1.47. The Labute approximate surface area is 80.4 Å². The van der Waals surface area contributed by atoms with Crippen molar-refractivity contribution in [2.75, 3.05) is 6.61 Å². The van der Waals surface area contributed by atoms with Gasteiger partial charge in [-0.05, 0) is 12.1 Å². The highest BCUT2D eigenvalue weighted by molar-refractivity contribution is 5.33. The van der Waals surface area contributed by atoms with E-state index in [4.69, 9.17) is 10.4 Å². The third-order valence-electron chi connectivity index (χ3n) is 1.86. The van der Waals surface area contributed by atoms with E-state index in [9.17, 15) is 8.78 Å². The number of rotatable bonds is 3. The summed E-state index contributed by atoms with van der Waals surface area (Å²) >= 11 is 0. The summed E-state index contributed by atoms with van der Waals surface area (Å²) in [5, 5.41) is 16.9. The molecule has 0 saturated carbocycles. The van der Waals surface area contributed by atoms with Crippen LogP contribution >= 0.6 is 0 Å². The van der Waals surface area contributed by atoms with Crippen LogP contribution in [0.5, 0.6) is 0 Å². The van der Waals surface area contributed by atoms with Gasteiger partial charge in [-0.2, -0.15) is 5.26 Å². The van der Waals surface area contributed by atoms with Crippen LogP contribution in [0.1, 0.15) is 17.5 Å². The molecule has 1 aromatic carbocycles. The van der Waals surface area contributed by atoms with Crippen LogP contribution in [0.2, 0.25) is 0 Å². The highest BCUT2D eigenvalue weighted by Gasteiger charge is 2.30. The number of halogens is 2. The fraction of sp³-hybridized carbons (Fsp3) is 0.300. The van der Waals surface area contributed by atoms with Crippen LogP contribution < -0.4 is 0 Å². The molecule has 1 N–H and O–H groups in total. The van der Waals surface area contributed by atoms with Gasteiger partial charge in [0.05, 0.1) is 11.6 Å². The fourth-order valence-corrected chi connectivity index (χ4v) is 1.07. The van der Waals surface area contributed by atoms with E-state index in [1.54, 1.807) is 0 Å². The average molecular weight is 197 g/mol. The first-order valence-corrected chi connectivity index (χ1v) is 4.09. The third kappa shape index (κ3) is 2.27. The maximum absolute atomic E-state index is 13.1. The van der Waals surface area contributed by atoms with E-state index in [0.29, 0.717) is 5.56 Å². The molecule has 4 heteroatoms. The van der Waals surface area contributed by atoms with Gasteiger partial charge in [0.2, 0.25) is 0 Å². The summed E-state index contributed by atoms with van der Waals surface area (Å²) in [4.78, 5) is 0. The second-order valence-corrected chi connectivity index (χ2v) is 2.87. The minimum absolute atomic E-state index is 0.175. The van der Waals surface area contributed by atoms with Gasteiger partial charge in [-0.25, -0.2) is 8.78 Å². The Balaban J connectivity index is 2.92. The Morgan fingerprint density at radius 2 is 1.86 bits per heavy atom. The molecule has 0 amide bonds. The summed E-state index contributed by atoms with van der Waals surface area (Å²) in [5.41, 5.74) is 0.166. The Morgan fingerprint density at radius 3 is 2.29 bits per heavy atom. The first-order valence-electron chi connectivity index (χ1n) is 4.09. The number of aliphatic hydroxyl groups is 1. The number of benzene rings is 1. The normalized spacial score (nSPS) is 11.0. The molecule has 0 aromatic heterocycles. The van der Waals surface area contributed by atoms with Crippen molar-refractivity contribution >= 4 is 0 Å². The largest absolute Gasteiger partial charge is 0.396 e. The zero-order chi connectivity index (χ0) is 10.6. The van der Waals surface area contributed by atoms with Crippen molar-refractivity contribution in [1.82, 2.24) is 0 Å². The van der Waals surface area contributed by atoms with Crippen LogP contribution in [0.3, 0.4) is 0 Å². The monoisotopic (exact) mass is 197 g/mol. The second-order valence-electron chi connectivity index (χ2n) is 2.87. The first kappa shape index (κ1) is 10.6. The van der Waals surface area contributed by atoms with Crippen LogP contribution in [0.4, 0.5) is 8.78 Å². The Kier molecular flexibility index (Phi) is 3.15. The molecule has 0 aliphatic rings. The predicted octanol–water partition coefficient (Wildman–Crippen LogP) is 2.03. The number of hydrogen-bond donors (Lipinski definition) is 1. The summed E-state index contributed by atoms with van der Waals surface area (Å²) < 4.78 is 26.3. The van der Waals surface area contributed by atoms with Crippen LogP contribution in [0.15, 0.2) is 24.3 Å². The maximum atomic E-state index is 13.1. The molecule has 0 spiro atoms. The van der Waals surface area contributed by atoms with Crippen molar-refractivity contribution in [2.45, 2.75) is 12.3 Å². The van der Waals surface area contributed by atoms with Gasteiger partial charge in [0.1, 0.15) is 0 Å². The molecule has 0 atom stereocenters. The molecule has 0 aliphatic heterocycles. The first-order chi connectivity index (χ1) is 6.60. The number of alkyl halides is 2. The van der Waals surface area contributed by atoms with E-state index in [1.165, 1.54) is 24.3 Å². The lowest BCUT2D eigenvalue weighted by molar-refractivity contribution is -0.0269. The van der Waals surface area contributed by atoms with E-state index in [2.05, 4.69) is 0 Å². The molecule has 2 nitrogen and oxygen atoms in total. The zero-order valence-corrected chi connectivity index (χ0v) is 7.37. The van der Waals surface area contributed by atoms with Gasteiger partial charge >= 0.3 is 0 Å². The molecule has 0 unspecified atom stereocenters. The van der Waals surface area contributed by atoms with Crippen molar-refractivity contribution < 1.29 is 13.9 Å². The minimum atomic E-state index is -3.03. The van der Waals surface area contributed by atoms with Crippen molar-refractivity contribution in [3.05, 3.63) is 35.4 Å². The van der Waals surface area contributed by atoms with Gasteiger partial charge in [0, 0.05) is 18.6 Å². The van der Waals surface area contributed by atoms with E-state index < -0.39 is 19.0 Å². The number of hydrogen-bond acceptors (Lipinski definition) is 2. The highest BCUT2D eigenvalue weighted by atomic mass is 19.3. The van der Waals surface area contributed by atoms with Crippen molar-refractivity contribution in [3.63, 3.8) is 0 Å². The number of aliphatic hydroxyl groups excluding tert-OH is 1. The average Bonchev–Trinajstić information content (AvgIpc) is 2.18. The molecule has 1 rings (SSSR count). The van der Waals surface area contributed by atoms with Crippen LogP contribution in [-0.4, -0.2) is 11.7 Å². The van der Waals surface area contributed by atoms with E-state index in [-0.39, 0.29) is 5.56 Å². The molecule has 0 aliphatic carbocycles. The molecule has 0 heterocycles. The SMILES string of the molecule is N#Cc1ccc(C(F)(F)CCO)cc1. The van der Waals surface area contributed by atoms with Gasteiger partial charge in [-0.3, -0.25) is 0 Å². The lowest BCUT2D eigenvalue weighted by atomic mass is 10.0. The second kappa shape index (κ2) is 4.16. The third-order valence-corrected chi connectivity index (χ3v) is 1.86. The fourth-order valence-electron chi connectivity index (χ4n) is 1.07. The quantitative estimate of drug-likeness (QED) is 0.805. The van der Waals surface area contributed by atoms with Gasteiger partial charge in [0.15, 0.2) is 0 Å². The molecule has 74 valence electrons. The molecule has 1 aromatic rings.